The fourth-order valence-electron chi connectivity index (χ4n) is 1.89. The van der Waals surface area contributed by atoms with Crippen molar-refractivity contribution in [1.29, 1.82) is 0 Å². The lowest BCUT2D eigenvalue weighted by atomic mass is 10.0. The van der Waals surface area contributed by atoms with Crippen LogP contribution in [0.4, 0.5) is 0 Å². The molecule has 19 heavy (non-hydrogen) atoms. The molecular weight excluding hydrogens is 252 g/mol. The van der Waals surface area contributed by atoms with Crippen LogP contribution in [-0.4, -0.2) is 11.5 Å². The van der Waals surface area contributed by atoms with Crippen molar-refractivity contribution in [2.24, 2.45) is 5.92 Å². The summed E-state index contributed by atoms with van der Waals surface area (Å²) in [5.41, 5.74) is 2.13. The second-order valence-corrected chi connectivity index (χ2v) is 5.66. The number of hydrogen-bond donors (Lipinski definition) is 0. The Kier molecular flexibility index (Phi) is 5.22. The topological polar surface area (TPSA) is 17.1 Å². The van der Waals surface area contributed by atoms with Crippen LogP contribution in [0.3, 0.4) is 0 Å². The average molecular weight is 270 g/mol. The van der Waals surface area contributed by atoms with E-state index in [9.17, 15) is 4.79 Å². The van der Waals surface area contributed by atoms with E-state index in [-0.39, 0.29) is 11.7 Å². The van der Waals surface area contributed by atoms with Gasteiger partial charge in [-0.3, -0.25) is 4.79 Å². The van der Waals surface area contributed by atoms with Gasteiger partial charge in [0.2, 0.25) is 0 Å². The third kappa shape index (κ3) is 4.25. The van der Waals surface area contributed by atoms with Crippen molar-refractivity contribution in [2.45, 2.75) is 12.7 Å². The van der Waals surface area contributed by atoms with E-state index >= 15 is 0 Å². The van der Waals surface area contributed by atoms with Crippen molar-refractivity contribution >= 4 is 17.5 Å². The molecule has 0 heterocycles. The summed E-state index contributed by atoms with van der Waals surface area (Å²) in [5, 5.41) is 0. The number of carbonyl (C=O) groups excluding carboxylic acids is 1. The maximum absolute atomic E-state index is 12.2. The van der Waals surface area contributed by atoms with Gasteiger partial charge >= 0.3 is 0 Å². The molecule has 2 aromatic carbocycles. The van der Waals surface area contributed by atoms with Crippen molar-refractivity contribution in [3.05, 3.63) is 71.8 Å². The van der Waals surface area contributed by atoms with Gasteiger partial charge in [-0.15, -0.1) is 0 Å². The van der Waals surface area contributed by atoms with Crippen LogP contribution in [0.1, 0.15) is 22.8 Å². The molecule has 0 radical (unpaired) electrons. The predicted octanol–water partition coefficient (Wildman–Crippen LogP) is 4.44. The molecule has 1 atom stereocenters. The highest BCUT2D eigenvalue weighted by molar-refractivity contribution is 7.98. The van der Waals surface area contributed by atoms with Gasteiger partial charge in [0.15, 0.2) is 5.78 Å². The predicted molar refractivity (Wildman–Crippen MR) is 82.5 cm³/mol. The van der Waals surface area contributed by atoms with Gasteiger partial charge in [0, 0.05) is 23.0 Å². The highest BCUT2D eigenvalue weighted by Crippen LogP contribution is 2.18. The smallest absolute Gasteiger partial charge is 0.166 e. The van der Waals surface area contributed by atoms with E-state index in [4.69, 9.17) is 0 Å². The third-order valence-electron chi connectivity index (χ3n) is 2.99. The maximum Gasteiger partial charge on any atom is 0.166 e. The molecule has 0 saturated carbocycles. The van der Waals surface area contributed by atoms with Crippen molar-refractivity contribution in [1.82, 2.24) is 0 Å². The number of Topliss-reactive ketones (excluding diaryl/α,β-unsaturated/α-hetero) is 1. The van der Waals surface area contributed by atoms with Gasteiger partial charge in [-0.25, -0.2) is 0 Å². The molecule has 0 aliphatic heterocycles. The Morgan fingerprint density at radius 3 is 2.21 bits per heavy atom. The van der Waals surface area contributed by atoms with E-state index in [1.54, 1.807) is 0 Å². The summed E-state index contributed by atoms with van der Waals surface area (Å²) >= 11 is 1.82. The minimum absolute atomic E-state index is 0.0658. The van der Waals surface area contributed by atoms with Crippen molar-refractivity contribution in [3.63, 3.8) is 0 Å². The molecule has 2 rings (SSSR count). The Morgan fingerprint density at radius 1 is 1.00 bits per heavy atom. The summed E-state index contributed by atoms with van der Waals surface area (Å²) < 4.78 is 0. The Labute approximate surface area is 119 Å². The highest BCUT2D eigenvalue weighted by Gasteiger charge is 2.14. The third-order valence-corrected chi connectivity index (χ3v) is 4.26. The summed E-state index contributed by atoms with van der Waals surface area (Å²) in [6.07, 6.45) is 0. The van der Waals surface area contributed by atoms with Crippen LogP contribution >= 0.6 is 11.8 Å². The lowest BCUT2D eigenvalue weighted by Crippen LogP contribution is -2.13. The van der Waals surface area contributed by atoms with Gasteiger partial charge in [0.25, 0.3) is 0 Å². The Hall–Kier alpha value is -1.54. The van der Waals surface area contributed by atoms with Gasteiger partial charge in [-0.1, -0.05) is 67.6 Å². The lowest BCUT2D eigenvalue weighted by Gasteiger charge is -2.10. The molecule has 0 aromatic heterocycles. The van der Waals surface area contributed by atoms with Gasteiger partial charge in [0.05, 0.1) is 0 Å². The molecule has 2 heteroatoms. The van der Waals surface area contributed by atoms with Crippen molar-refractivity contribution in [3.8, 4) is 0 Å². The number of ketones is 1. The van der Waals surface area contributed by atoms with Crippen LogP contribution < -0.4 is 0 Å². The van der Waals surface area contributed by atoms with Gasteiger partial charge in [-0.05, 0) is 5.56 Å². The summed E-state index contributed by atoms with van der Waals surface area (Å²) in [5.74, 6) is 2.13. The summed E-state index contributed by atoms with van der Waals surface area (Å²) in [6.45, 7) is 2.01. The molecule has 0 spiro atoms. The minimum atomic E-state index is 0.0658. The monoisotopic (exact) mass is 270 g/mol. The molecule has 2 aromatic rings. The first-order valence-electron chi connectivity index (χ1n) is 6.48. The van der Waals surface area contributed by atoms with Crippen LogP contribution in [-0.2, 0) is 5.75 Å². The highest BCUT2D eigenvalue weighted by atomic mass is 32.2. The van der Waals surface area contributed by atoms with Crippen LogP contribution in [0.5, 0.6) is 0 Å². The van der Waals surface area contributed by atoms with E-state index in [0.717, 1.165) is 17.1 Å². The fourth-order valence-corrected chi connectivity index (χ4v) is 2.94. The van der Waals surface area contributed by atoms with Gasteiger partial charge < -0.3 is 0 Å². The molecule has 0 bridgehead atoms. The number of rotatable bonds is 6. The quantitative estimate of drug-likeness (QED) is 0.722. The molecule has 0 fully saturated rings. The maximum atomic E-state index is 12.2. The SMILES string of the molecule is C[C@@H](CSCc1ccccc1)C(=O)c1ccccc1. The number of thioether (sulfide) groups is 1. The second-order valence-electron chi connectivity index (χ2n) is 4.63. The first-order valence-corrected chi connectivity index (χ1v) is 7.64. The zero-order chi connectivity index (χ0) is 13.5. The molecular formula is C17H18OS. The number of carbonyl (C=O) groups is 1. The van der Waals surface area contributed by atoms with E-state index in [2.05, 4.69) is 24.3 Å². The average Bonchev–Trinajstić information content (AvgIpc) is 2.48. The number of benzene rings is 2. The Balaban J connectivity index is 1.82. The van der Waals surface area contributed by atoms with Gasteiger partial charge in [-0.2, -0.15) is 11.8 Å². The molecule has 0 unspecified atom stereocenters. The van der Waals surface area contributed by atoms with E-state index in [1.807, 2.05) is 55.1 Å². The Morgan fingerprint density at radius 2 is 1.58 bits per heavy atom. The van der Waals surface area contributed by atoms with Gasteiger partial charge in [0.1, 0.15) is 0 Å². The zero-order valence-corrected chi connectivity index (χ0v) is 11.9. The van der Waals surface area contributed by atoms with E-state index in [0.29, 0.717) is 0 Å². The number of hydrogen-bond acceptors (Lipinski definition) is 2. The summed E-state index contributed by atoms with van der Waals surface area (Å²) in [4.78, 5) is 12.2. The minimum Gasteiger partial charge on any atom is -0.294 e. The molecule has 0 saturated heterocycles. The summed E-state index contributed by atoms with van der Waals surface area (Å²) in [6, 6.07) is 19.9. The van der Waals surface area contributed by atoms with Crippen molar-refractivity contribution < 1.29 is 4.79 Å². The first kappa shape index (κ1) is 13.9. The summed E-state index contributed by atoms with van der Waals surface area (Å²) in [7, 11) is 0. The zero-order valence-electron chi connectivity index (χ0n) is 11.1. The Bertz CT molecular complexity index is 507. The molecule has 0 N–H and O–H groups in total. The fraction of sp³-hybridized carbons (Fsp3) is 0.235. The van der Waals surface area contributed by atoms with Crippen LogP contribution in [0.25, 0.3) is 0 Å². The molecule has 98 valence electrons. The first-order chi connectivity index (χ1) is 9.27. The molecule has 0 aliphatic carbocycles. The molecule has 0 aliphatic rings. The standard InChI is InChI=1S/C17H18OS/c1-14(17(18)16-10-6-3-7-11-16)12-19-13-15-8-4-2-5-9-15/h2-11,14H,12-13H2,1H3/t14-/m0/s1. The van der Waals surface area contributed by atoms with E-state index < -0.39 is 0 Å². The normalized spacial score (nSPS) is 12.1. The van der Waals surface area contributed by atoms with Crippen LogP contribution in [0.15, 0.2) is 60.7 Å². The second kappa shape index (κ2) is 7.15. The van der Waals surface area contributed by atoms with Crippen LogP contribution in [0, 0.1) is 5.92 Å². The van der Waals surface area contributed by atoms with Crippen LogP contribution in [0.2, 0.25) is 0 Å². The van der Waals surface area contributed by atoms with E-state index in [1.165, 1.54) is 5.56 Å². The molecule has 0 amide bonds. The largest absolute Gasteiger partial charge is 0.294 e. The molecule has 1 nitrogen and oxygen atoms in total. The van der Waals surface area contributed by atoms with Crippen molar-refractivity contribution in [2.75, 3.05) is 5.75 Å². The lowest BCUT2D eigenvalue weighted by molar-refractivity contribution is 0.0942.